The minimum atomic E-state index is -0.306. The van der Waals surface area contributed by atoms with Gasteiger partial charge in [-0.15, -0.1) is 0 Å². The van der Waals surface area contributed by atoms with Gasteiger partial charge in [-0.05, 0) is 38.2 Å². The number of fused-ring (bicyclic) bond motifs is 2. The van der Waals surface area contributed by atoms with Crippen molar-refractivity contribution in [2.45, 2.75) is 57.2 Å². The molecule has 0 aromatic heterocycles. The molecule has 2 unspecified atom stereocenters. The van der Waals surface area contributed by atoms with E-state index in [4.69, 9.17) is 0 Å². The molecule has 2 aliphatic heterocycles. The number of hydrogen-bond donors (Lipinski definition) is 1. The molecule has 0 amide bonds. The molecule has 2 bridgehead atoms. The Morgan fingerprint density at radius 1 is 1.33 bits per heavy atom. The third-order valence-corrected chi connectivity index (χ3v) is 4.73. The zero-order valence-electron chi connectivity index (χ0n) is 12.5. The predicted octanol–water partition coefficient (Wildman–Crippen LogP) is 3.09. The van der Waals surface area contributed by atoms with Crippen LogP contribution in [0.1, 0.15) is 39.0 Å². The van der Waals surface area contributed by atoms with Crippen molar-refractivity contribution >= 4 is 11.4 Å². The van der Waals surface area contributed by atoms with E-state index in [2.05, 4.69) is 17.1 Å². The van der Waals surface area contributed by atoms with E-state index in [0.717, 1.165) is 31.5 Å². The number of rotatable bonds is 5. The van der Waals surface area contributed by atoms with E-state index in [0.29, 0.717) is 18.1 Å². The second kappa shape index (κ2) is 6.02. The van der Waals surface area contributed by atoms with Gasteiger partial charge in [0, 0.05) is 42.5 Å². The summed E-state index contributed by atoms with van der Waals surface area (Å²) in [6.45, 7) is 3.13. The van der Waals surface area contributed by atoms with Gasteiger partial charge in [0.1, 0.15) is 0 Å². The van der Waals surface area contributed by atoms with Crippen LogP contribution >= 0.6 is 0 Å². The van der Waals surface area contributed by atoms with E-state index < -0.39 is 0 Å². The molecular formula is C16H23N3O2. The monoisotopic (exact) mass is 289 g/mol. The third-order valence-electron chi connectivity index (χ3n) is 4.73. The van der Waals surface area contributed by atoms with Crippen molar-refractivity contribution in [2.24, 2.45) is 0 Å². The SMILES string of the molecule is CCCN(c1cccc([N+](=O)[O-])c1)C1CC2CCC(C1)N2. The van der Waals surface area contributed by atoms with Gasteiger partial charge >= 0.3 is 0 Å². The lowest BCUT2D eigenvalue weighted by atomic mass is 9.97. The van der Waals surface area contributed by atoms with Crippen LogP contribution in [0.2, 0.25) is 0 Å². The highest BCUT2D eigenvalue weighted by Gasteiger charge is 2.36. The Morgan fingerprint density at radius 3 is 2.67 bits per heavy atom. The van der Waals surface area contributed by atoms with E-state index in [1.807, 2.05) is 6.07 Å². The summed E-state index contributed by atoms with van der Waals surface area (Å²) >= 11 is 0. The van der Waals surface area contributed by atoms with Gasteiger partial charge in [0.15, 0.2) is 0 Å². The zero-order chi connectivity index (χ0) is 14.8. The van der Waals surface area contributed by atoms with Gasteiger partial charge in [-0.25, -0.2) is 0 Å². The molecule has 3 rings (SSSR count). The van der Waals surface area contributed by atoms with Gasteiger partial charge in [-0.3, -0.25) is 10.1 Å². The van der Waals surface area contributed by atoms with Gasteiger partial charge in [-0.2, -0.15) is 0 Å². The summed E-state index contributed by atoms with van der Waals surface area (Å²) in [5.74, 6) is 0. The van der Waals surface area contributed by atoms with Crippen LogP contribution < -0.4 is 10.2 Å². The molecule has 21 heavy (non-hydrogen) atoms. The fraction of sp³-hybridized carbons (Fsp3) is 0.625. The quantitative estimate of drug-likeness (QED) is 0.668. The molecule has 2 fully saturated rings. The Balaban J connectivity index is 1.83. The van der Waals surface area contributed by atoms with Gasteiger partial charge in [-0.1, -0.05) is 13.0 Å². The molecule has 2 aliphatic rings. The van der Waals surface area contributed by atoms with Crippen LogP contribution in [0.4, 0.5) is 11.4 Å². The van der Waals surface area contributed by atoms with Crippen LogP contribution in [0.3, 0.4) is 0 Å². The Hall–Kier alpha value is -1.62. The van der Waals surface area contributed by atoms with Crippen LogP contribution in [0.15, 0.2) is 24.3 Å². The van der Waals surface area contributed by atoms with Crippen molar-refractivity contribution in [3.05, 3.63) is 34.4 Å². The third kappa shape index (κ3) is 3.02. The molecule has 5 nitrogen and oxygen atoms in total. The number of nitro benzene ring substituents is 1. The van der Waals surface area contributed by atoms with Gasteiger partial charge in [0.2, 0.25) is 0 Å². The van der Waals surface area contributed by atoms with Crippen molar-refractivity contribution in [1.29, 1.82) is 0 Å². The van der Waals surface area contributed by atoms with Crippen molar-refractivity contribution in [1.82, 2.24) is 5.32 Å². The smallest absolute Gasteiger partial charge is 0.271 e. The first kappa shape index (κ1) is 14.3. The highest BCUT2D eigenvalue weighted by atomic mass is 16.6. The van der Waals surface area contributed by atoms with Crippen molar-refractivity contribution in [3.8, 4) is 0 Å². The molecule has 114 valence electrons. The van der Waals surface area contributed by atoms with E-state index in [1.54, 1.807) is 18.2 Å². The minimum absolute atomic E-state index is 0.186. The van der Waals surface area contributed by atoms with E-state index in [1.165, 1.54) is 12.8 Å². The van der Waals surface area contributed by atoms with Gasteiger partial charge in [0.25, 0.3) is 5.69 Å². The lowest BCUT2D eigenvalue weighted by Gasteiger charge is -2.39. The number of nitro groups is 1. The average Bonchev–Trinajstić information content (AvgIpc) is 2.83. The van der Waals surface area contributed by atoms with E-state index in [9.17, 15) is 10.1 Å². The molecule has 0 aliphatic carbocycles. The first-order chi connectivity index (χ1) is 10.2. The second-order valence-electron chi connectivity index (χ2n) is 6.23. The van der Waals surface area contributed by atoms with Crippen molar-refractivity contribution in [3.63, 3.8) is 0 Å². The summed E-state index contributed by atoms with van der Waals surface area (Å²) in [6.07, 6.45) is 5.91. The number of anilines is 1. The number of benzene rings is 1. The normalized spacial score (nSPS) is 27.6. The second-order valence-corrected chi connectivity index (χ2v) is 6.23. The molecule has 0 spiro atoms. The first-order valence-electron chi connectivity index (χ1n) is 7.94. The lowest BCUT2D eigenvalue weighted by Crippen LogP contribution is -2.48. The van der Waals surface area contributed by atoms with Crippen LogP contribution in [-0.4, -0.2) is 29.6 Å². The summed E-state index contributed by atoms with van der Waals surface area (Å²) in [5, 5.41) is 14.7. The molecule has 2 saturated heterocycles. The minimum Gasteiger partial charge on any atom is -0.368 e. The van der Waals surface area contributed by atoms with Crippen LogP contribution in [-0.2, 0) is 0 Å². The summed E-state index contributed by atoms with van der Waals surface area (Å²) in [4.78, 5) is 13.1. The maximum absolute atomic E-state index is 11.0. The molecule has 1 aromatic carbocycles. The Morgan fingerprint density at radius 2 is 2.05 bits per heavy atom. The molecule has 5 heteroatoms. The molecule has 0 radical (unpaired) electrons. The maximum Gasteiger partial charge on any atom is 0.271 e. The maximum atomic E-state index is 11.0. The molecular weight excluding hydrogens is 266 g/mol. The first-order valence-corrected chi connectivity index (χ1v) is 7.94. The molecule has 1 aromatic rings. The molecule has 2 heterocycles. The number of non-ortho nitro benzene ring substituents is 1. The summed E-state index contributed by atoms with van der Waals surface area (Å²) in [5.41, 5.74) is 1.18. The summed E-state index contributed by atoms with van der Waals surface area (Å²) < 4.78 is 0. The fourth-order valence-corrected chi connectivity index (χ4v) is 3.83. The molecule has 2 atom stereocenters. The fourth-order valence-electron chi connectivity index (χ4n) is 3.83. The number of hydrogen-bond acceptors (Lipinski definition) is 4. The van der Waals surface area contributed by atoms with Gasteiger partial charge in [0.05, 0.1) is 4.92 Å². The van der Waals surface area contributed by atoms with Crippen LogP contribution in [0, 0.1) is 10.1 Å². The lowest BCUT2D eigenvalue weighted by molar-refractivity contribution is -0.384. The Kier molecular flexibility index (Phi) is 4.10. The van der Waals surface area contributed by atoms with E-state index >= 15 is 0 Å². The average molecular weight is 289 g/mol. The zero-order valence-corrected chi connectivity index (χ0v) is 12.5. The summed E-state index contributed by atoms with van der Waals surface area (Å²) in [6, 6.07) is 8.86. The number of nitrogens with zero attached hydrogens (tertiary/aromatic N) is 2. The Labute approximate surface area is 125 Å². The largest absolute Gasteiger partial charge is 0.368 e. The van der Waals surface area contributed by atoms with Crippen molar-refractivity contribution in [2.75, 3.05) is 11.4 Å². The predicted molar refractivity (Wildman–Crippen MR) is 83.7 cm³/mol. The van der Waals surface area contributed by atoms with Gasteiger partial charge < -0.3 is 10.2 Å². The molecule has 0 saturated carbocycles. The Bertz CT molecular complexity index is 508. The topological polar surface area (TPSA) is 58.4 Å². The highest BCUT2D eigenvalue weighted by Crippen LogP contribution is 2.33. The highest BCUT2D eigenvalue weighted by molar-refractivity contribution is 5.54. The van der Waals surface area contributed by atoms with Crippen LogP contribution in [0.5, 0.6) is 0 Å². The standard InChI is InChI=1S/C16H23N3O2/c1-2-8-18(14-4-3-5-15(11-14)19(20)21)16-9-12-6-7-13(10-16)17-12/h3-5,11-13,16-17H,2,6-10H2,1H3. The number of piperidine rings is 1. The van der Waals surface area contributed by atoms with Crippen LogP contribution in [0.25, 0.3) is 0 Å². The number of nitrogens with one attached hydrogen (secondary N) is 1. The summed E-state index contributed by atoms with van der Waals surface area (Å²) in [7, 11) is 0. The van der Waals surface area contributed by atoms with Crippen molar-refractivity contribution < 1.29 is 4.92 Å². The molecule has 1 N–H and O–H groups in total. The van der Waals surface area contributed by atoms with E-state index in [-0.39, 0.29) is 10.6 Å².